The highest BCUT2D eigenvalue weighted by atomic mass is 35.5. The summed E-state index contributed by atoms with van der Waals surface area (Å²) in [5.41, 5.74) is 0.730. The van der Waals surface area contributed by atoms with Crippen LogP contribution in [0, 0.1) is 5.92 Å². The van der Waals surface area contributed by atoms with Crippen LogP contribution in [-0.4, -0.2) is 50.5 Å². The molecule has 0 aliphatic heterocycles. The van der Waals surface area contributed by atoms with Crippen molar-refractivity contribution < 1.29 is 18.0 Å². The highest BCUT2D eigenvalue weighted by Crippen LogP contribution is 2.27. The Labute approximate surface area is 216 Å². The number of hydrogen-bond acceptors (Lipinski definition) is 4. The number of benzene rings is 2. The van der Waals surface area contributed by atoms with Crippen LogP contribution in [0.5, 0.6) is 0 Å². The maximum absolute atomic E-state index is 13.5. The minimum absolute atomic E-state index is 0.0776. The van der Waals surface area contributed by atoms with Gasteiger partial charge in [-0.05, 0) is 49.2 Å². The number of carbonyl (C=O) groups excluding carboxylic acids is 2. The molecule has 1 N–H and O–H groups in total. The van der Waals surface area contributed by atoms with Gasteiger partial charge in [-0.15, -0.1) is 0 Å². The lowest BCUT2D eigenvalue weighted by atomic mass is 10.1. The number of hydrogen-bond donors (Lipinski definition) is 1. The summed E-state index contributed by atoms with van der Waals surface area (Å²) in [7, 11) is -3.83. The molecule has 186 valence electrons. The van der Waals surface area contributed by atoms with Crippen LogP contribution < -0.4 is 9.62 Å². The predicted molar refractivity (Wildman–Crippen MR) is 138 cm³/mol. The number of sulfonamides is 1. The quantitative estimate of drug-likeness (QED) is 0.470. The molecule has 0 bridgehead atoms. The van der Waals surface area contributed by atoms with Gasteiger partial charge in [-0.1, -0.05) is 54.7 Å². The third-order valence-electron chi connectivity index (χ3n) is 5.04. The maximum atomic E-state index is 13.5. The normalized spacial score (nSPS) is 12.4. The average molecular weight is 549 g/mol. The highest BCUT2D eigenvalue weighted by Gasteiger charge is 2.31. The van der Waals surface area contributed by atoms with E-state index in [1.165, 1.54) is 29.2 Å². The van der Waals surface area contributed by atoms with Crippen molar-refractivity contribution in [2.75, 3.05) is 23.7 Å². The number of nitrogens with zero attached hydrogens (tertiary/aromatic N) is 2. The van der Waals surface area contributed by atoms with E-state index in [0.717, 1.165) is 10.6 Å². The lowest BCUT2D eigenvalue weighted by Crippen LogP contribution is -2.51. The highest BCUT2D eigenvalue weighted by molar-refractivity contribution is 7.92. The molecule has 0 aromatic heterocycles. The minimum atomic E-state index is -3.83. The fraction of sp³-hybridized carbons (Fsp3) is 0.391. The second-order valence-electron chi connectivity index (χ2n) is 8.28. The number of halogens is 3. The van der Waals surface area contributed by atoms with Gasteiger partial charge in [0.15, 0.2) is 0 Å². The summed E-state index contributed by atoms with van der Waals surface area (Å²) in [5.74, 6) is -0.755. The molecule has 0 fully saturated rings. The predicted octanol–water partition coefficient (Wildman–Crippen LogP) is 4.60. The molecular formula is C23H28Cl3N3O4S. The van der Waals surface area contributed by atoms with Gasteiger partial charge in [-0.2, -0.15) is 0 Å². The van der Waals surface area contributed by atoms with Crippen LogP contribution in [0.25, 0.3) is 0 Å². The van der Waals surface area contributed by atoms with E-state index in [0.29, 0.717) is 27.2 Å². The molecule has 7 nitrogen and oxygen atoms in total. The Morgan fingerprint density at radius 1 is 0.971 bits per heavy atom. The molecule has 0 radical (unpaired) electrons. The van der Waals surface area contributed by atoms with E-state index in [9.17, 15) is 18.0 Å². The SMILES string of the molecule is CC(C)CNC(=O)[C@@H](C)N(Cc1c(Cl)cccc1Cl)C(=O)CN(c1ccc(Cl)cc1)S(C)(=O)=O. The molecule has 0 saturated carbocycles. The van der Waals surface area contributed by atoms with Gasteiger partial charge in [0.25, 0.3) is 0 Å². The molecule has 2 aromatic carbocycles. The zero-order valence-corrected chi connectivity index (χ0v) is 22.5. The van der Waals surface area contributed by atoms with Crippen LogP contribution in [0.1, 0.15) is 26.3 Å². The maximum Gasteiger partial charge on any atom is 0.244 e. The molecule has 0 saturated heterocycles. The van der Waals surface area contributed by atoms with Gasteiger partial charge in [-0.25, -0.2) is 8.42 Å². The zero-order chi connectivity index (χ0) is 25.6. The van der Waals surface area contributed by atoms with Crippen LogP contribution in [0.4, 0.5) is 5.69 Å². The second-order valence-corrected chi connectivity index (χ2v) is 11.4. The van der Waals surface area contributed by atoms with E-state index < -0.39 is 28.5 Å². The van der Waals surface area contributed by atoms with Crippen LogP contribution in [0.2, 0.25) is 15.1 Å². The summed E-state index contributed by atoms with van der Waals surface area (Å²) >= 11 is 18.5. The zero-order valence-electron chi connectivity index (χ0n) is 19.4. The molecule has 0 spiro atoms. The average Bonchev–Trinajstić information content (AvgIpc) is 2.75. The van der Waals surface area contributed by atoms with E-state index >= 15 is 0 Å². The van der Waals surface area contributed by atoms with E-state index in [2.05, 4.69) is 5.32 Å². The Hall–Kier alpha value is -2.00. The second kappa shape index (κ2) is 12.1. The smallest absolute Gasteiger partial charge is 0.244 e. The van der Waals surface area contributed by atoms with Crippen LogP contribution >= 0.6 is 34.8 Å². The third kappa shape index (κ3) is 7.77. The van der Waals surface area contributed by atoms with Gasteiger partial charge < -0.3 is 10.2 Å². The molecule has 2 amide bonds. The largest absolute Gasteiger partial charge is 0.354 e. The van der Waals surface area contributed by atoms with Crippen molar-refractivity contribution in [3.63, 3.8) is 0 Å². The van der Waals surface area contributed by atoms with E-state index in [4.69, 9.17) is 34.8 Å². The topological polar surface area (TPSA) is 86.8 Å². The van der Waals surface area contributed by atoms with Crippen molar-refractivity contribution in [1.29, 1.82) is 0 Å². The van der Waals surface area contributed by atoms with Gasteiger partial charge in [0, 0.05) is 33.7 Å². The number of anilines is 1. The van der Waals surface area contributed by atoms with Crippen LogP contribution in [-0.2, 0) is 26.2 Å². The molecule has 2 rings (SSSR count). The van der Waals surface area contributed by atoms with Gasteiger partial charge in [0.05, 0.1) is 11.9 Å². The third-order valence-corrected chi connectivity index (χ3v) is 7.14. The first-order chi connectivity index (χ1) is 15.8. The van der Waals surface area contributed by atoms with Gasteiger partial charge in [-0.3, -0.25) is 13.9 Å². The molecule has 0 heterocycles. The Morgan fingerprint density at radius 2 is 1.53 bits per heavy atom. The Balaban J connectivity index is 2.41. The van der Waals surface area contributed by atoms with Crippen LogP contribution in [0.3, 0.4) is 0 Å². The fourth-order valence-electron chi connectivity index (χ4n) is 3.11. The standard InChI is InChI=1S/C23H28Cl3N3O4S/c1-15(2)12-27-23(31)16(3)28(13-19-20(25)6-5-7-21(19)26)22(30)14-29(34(4,32)33)18-10-8-17(24)9-11-18/h5-11,15-16H,12-14H2,1-4H3,(H,27,31)/t16-/m1/s1. The Morgan fingerprint density at radius 3 is 2.03 bits per heavy atom. The monoisotopic (exact) mass is 547 g/mol. The summed E-state index contributed by atoms with van der Waals surface area (Å²) in [6, 6.07) is 10.1. The van der Waals surface area contributed by atoms with Gasteiger partial charge >= 0.3 is 0 Å². The van der Waals surface area contributed by atoms with Crippen molar-refractivity contribution >= 4 is 62.3 Å². The van der Waals surface area contributed by atoms with E-state index in [1.807, 2.05) is 13.8 Å². The lowest BCUT2D eigenvalue weighted by Gasteiger charge is -2.32. The van der Waals surface area contributed by atoms with Crippen molar-refractivity contribution in [2.24, 2.45) is 5.92 Å². The van der Waals surface area contributed by atoms with Crippen molar-refractivity contribution in [3.05, 3.63) is 63.1 Å². The summed E-state index contributed by atoms with van der Waals surface area (Å²) < 4.78 is 26.0. The van der Waals surface area contributed by atoms with E-state index in [-0.39, 0.29) is 24.1 Å². The molecule has 11 heteroatoms. The molecule has 1 atom stereocenters. The Bertz CT molecular complexity index is 1100. The van der Waals surface area contributed by atoms with Crippen molar-refractivity contribution in [3.8, 4) is 0 Å². The van der Waals surface area contributed by atoms with E-state index in [1.54, 1.807) is 25.1 Å². The van der Waals surface area contributed by atoms with Gasteiger partial charge in [0.1, 0.15) is 12.6 Å². The number of carbonyl (C=O) groups is 2. The molecular weight excluding hydrogens is 521 g/mol. The lowest BCUT2D eigenvalue weighted by molar-refractivity contribution is -0.139. The van der Waals surface area contributed by atoms with Crippen molar-refractivity contribution in [2.45, 2.75) is 33.4 Å². The fourth-order valence-corrected chi connectivity index (χ4v) is 4.60. The number of rotatable bonds is 10. The number of nitrogens with one attached hydrogen (secondary N) is 1. The first-order valence-electron chi connectivity index (χ1n) is 10.5. The minimum Gasteiger partial charge on any atom is -0.354 e. The summed E-state index contributed by atoms with van der Waals surface area (Å²) in [5, 5.41) is 3.90. The van der Waals surface area contributed by atoms with Crippen LogP contribution in [0.15, 0.2) is 42.5 Å². The Kier molecular flexibility index (Phi) is 10.1. The molecule has 2 aromatic rings. The molecule has 34 heavy (non-hydrogen) atoms. The first-order valence-corrected chi connectivity index (χ1v) is 13.5. The first kappa shape index (κ1) is 28.2. The molecule has 0 unspecified atom stereocenters. The molecule has 0 aliphatic carbocycles. The summed E-state index contributed by atoms with van der Waals surface area (Å²) in [4.78, 5) is 27.6. The van der Waals surface area contributed by atoms with Crippen molar-refractivity contribution in [1.82, 2.24) is 10.2 Å². The van der Waals surface area contributed by atoms with Gasteiger partial charge in [0.2, 0.25) is 21.8 Å². The number of amides is 2. The molecule has 0 aliphatic rings. The summed E-state index contributed by atoms with van der Waals surface area (Å²) in [6.45, 7) is 5.31. The summed E-state index contributed by atoms with van der Waals surface area (Å²) in [6.07, 6.45) is 1.00.